The van der Waals surface area contributed by atoms with E-state index in [9.17, 15) is 0 Å². The molecule has 2 aromatic rings. The lowest BCUT2D eigenvalue weighted by molar-refractivity contribution is 1.02. The zero-order chi connectivity index (χ0) is 11.5. The molecule has 0 atom stereocenters. The molecule has 16 heavy (non-hydrogen) atoms. The van der Waals surface area contributed by atoms with Gasteiger partial charge in [-0.05, 0) is 26.0 Å². The number of H-pyrrole nitrogens is 1. The van der Waals surface area contributed by atoms with Crippen molar-refractivity contribution in [2.45, 2.75) is 20.4 Å². The molecule has 4 nitrogen and oxygen atoms in total. The van der Waals surface area contributed by atoms with Gasteiger partial charge >= 0.3 is 0 Å². The molecule has 2 N–H and O–H groups in total. The number of nitrogens with one attached hydrogen (secondary N) is 2. The van der Waals surface area contributed by atoms with E-state index in [0.717, 1.165) is 33.4 Å². The van der Waals surface area contributed by atoms with E-state index in [1.807, 2.05) is 26.0 Å². The Morgan fingerprint density at radius 3 is 2.88 bits per heavy atom. The molecule has 0 saturated carbocycles. The first-order valence-electron chi connectivity index (χ1n) is 4.95. The van der Waals surface area contributed by atoms with Crippen molar-refractivity contribution in [2.75, 3.05) is 5.32 Å². The molecule has 2 aromatic heterocycles. The molecule has 0 aromatic carbocycles. The average molecular weight is 232 g/mol. The van der Waals surface area contributed by atoms with Crippen molar-refractivity contribution in [1.82, 2.24) is 10.2 Å². The van der Waals surface area contributed by atoms with E-state index in [1.54, 1.807) is 0 Å². The van der Waals surface area contributed by atoms with Crippen molar-refractivity contribution in [2.24, 2.45) is 0 Å². The molecule has 0 aliphatic rings. The van der Waals surface area contributed by atoms with Crippen LogP contribution in [0.3, 0.4) is 0 Å². The Bertz CT molecular complexity index is 513. The van der Waals surface area contributed by atoms with Gasteiger partial charge in [0.15, 0.2) is 0 Å². The third kappa shape index (κ3) is 2.07. The van der Waals surface area contributed by atoms with Crippen molar-refractivity contribution < 1.29 is 0 Å². The van der Waals surface area contributed by atoms with E-state index >= 15 is 0 Å². The third-order valence-corrected chi connectivity index (χ3v) is 3.33. The van der Waals surface area contributed by atoms with Crippen molar-refractivity contribution in [3.8, 4) is 6.07 Å². The molecule has 0 fully saturated rings. The van der Waals surface area contributed by atoms with Crippen molar-refractivity contribution >= 4 is 17.0 Å². The summed E-state index contributed by atoms with van der Waals surface area (Å²) in [4.78, 5) is 1.90. The van der Waals surface area contributed by atoms with Gasteiger partial charge in [-0.2, -0.15) is 10.4 Å². The highest BCUT2D eigenvalue weighted by molar-refractivity contribution is 7.12. The van der Waals surface area contributed by atoms with Crippen LogP contribution in [0.5, 0.6) is 0 Å². The Kier molecular flexibility index (Phi) is 2.93. The first kappa shape index (κ1) is 10.7. The highest BCUT2D eigenvalue weighted by Crippen LogP contribution is 2.20. The van der Waals surface area contributed by atoms with Crippen LogP contribution in [0.25, 0.3) is 0 Å². The zero-order valence-corrected chi connectivity index (χ0v) is 9.98. The van der Waals surface area contributed by atoms with Crippen LogP contribution in [0.15, 0.2) is 12.1 Å². The monoisotopic (exact) mass is 232 g/mol. The number of nitrogens with zero attached hydrogens (tertiary/aromatic N) is 2. The van der Waals surface area contributed by atoms with Gasteiger partial charge in [-0.1, -0.05) is 0 Å². The van der Waals surface area contributed by atoms with Gasteiger partial charge in [0.1, 0.15) is 10.9 Å². The molecule has 0 amide bonds. The summed E-state index contributed by atoms with van der Waals surface area (Å²) in [5.74, 6) is 0. The largest absolute Gasteiger partial charge is 0.377 e. The lowest BCUT2D eigenvalue weighted by atomic mass is 10.3. The van der Waals surface area contributed by atoms with Gasteiger partial charge < -0.3 is 5.32 Å². The van der Waals surface area contributed by atoms with Crippen LogP contribution in [0, 0.1) is 25.2 Å². The molecule has 2 rings (SSSR count). The second-order valence-corrected chi connectivity index (χ2v) is 4.71. The van der Waals surface area contributed by atoms with Crippen molar-refractivity contribution in [3.63, 3.8) is 0 Å². The molecule has 0 aliphatic heterocycles. The molecule has 0 aliphatic carbocycles. The predicted molar refractivity (Wildman–Crippen MR) is 64.4 cm³/mol. The minimum absolute atomic E-state index is 0.730. The minimum atomic E-state index is 0.730. The topological polar surface area (TPSA) is 64.5 Å². The summed E-state index contributed by atoms with van der Waals surface area (Å²) >= 11 is 1.51. The van der Waals surface area contributed by atoms with Crippen molar-refractivity contribution in [1.29, 1.82) is 5.26 Å². The average Bonchev–Trinajstić information content (AvgIpc) is 2.85. The van der Waals surface area contributed by atoms with E-state index in [0.29, 0.717) is 0 Å². The molecule has 0 radical (unpaired) electrons. The van der Waals surface area contributed by atoms with Crippen LogP contribution in [0.1, 0.15) is 21.1 Å². The van der Waals surface area contributed by atoms with E-state index in [4.69, 9.17) is 5.26 Å². The van der Waals surface area contributed by atoms with Crippen molar-refractivity contribution in [3.05, 3.63) is 33.3 Å². The molecule has 0 spiro atoms. The Morgan fingerprint density at radius 2 is 2.31 bits per heavy atom. The lowest BCUT2D eigenvalue weighted by Gasteiger charge is -2.03. The maximum Gasteiger partial charge on any atom is 0.110 e. The zero-order valence-electron chi connectivity index (χ0n) is 9.16. The number of nitriles is 1. The normalized spacial score (nSPS) is 10.1. The Balaban J connectivity index is 2.05. The summed E-state index contributed by atoms with van der Waals surface area (Å²) in [7, 11) is 0. The van der Waals surface area contributed by atoms with Crippen LogP contribution in [0.4, 0.5) is 5.69 Å². The molecule has 0 bridgehead atoms. The third-order valence-electron chi connectivity index (χ3n) is 2.34. The van der Waals surface area contributed by atoms with E-state index < -0.39 is 0 Å². The van der Waals surface area contributed by atoms with Crippen LogP contribution >= 0.6 is 11.3 Å². The Morgan fingerprint density at radius 1 is 1.50 bits per heavy atom. The van der Waals surface area contributed by atoms with Gasteiger partial charge in [-0.15, -0.1) is 11.3 Å². The quantitative estimate of drug-likeness (QED) is 0.854. The molecule has 82 valence electrons. The summed E-state index contributed by atoms with van der Waals surface area (Å²) in [6.45, 7) is 4.67. The second kappa shape index (κ2) is 4.37. The number of rotatable bonds is 3. The maximum atomic E-state index is 8.72. The fourth-order valence-electron chi connectivity index (χ4n) is 1.52. The van der Waals surface area contributed by atoms with E-state index in [2.05, 4.69) is 21.6 Å². The number of aryl methyl sites for hydroxylation is 2. The highest BCUT2D eigenvalue weighted by Gasteiger charge is 2.06. The minimum Gasteiger partial charge on any atom is -0.377 e. The van der Waals surface area contributed by atoms with Crippen LogP contribution in [-0.2, 0) is 6.54 Å². The summed E-state index contributed by atoms with van der Waals surface area (Å²) < 4.78 is 0. The molecule has 5 heteroatoms. The van der Waals surface area contributed by atoms with Gasteiger partial charge in [-0.3, -0.25) is 5.10 Å². The number of hydrogen-bond donors (Lipinski definition) is 2. The fourth-order valence-corrected chi connectivity index (χ4v) is 2.26. The molecule has 2 heterocycles. The Labute approximate surface area is 97.9 Å². The second-order valence-electron chi connectivity index (χ2n) is 3.54. The van der Waals surface area contributed by atoms with Crippen LogP contribution in [0.2, 0.25) is 0 Å². The Hall–Kier alpha value is -1.80. The molecular formula is C11H12N4S. The summed E-state index contributed by atoms with van der Waals surface area (Å²) in [5.41, 5.74) is 3.05. The van der Waals surface area contributed by atoms with Gasteiger partial charge in [0.2, 0.25) is 0 Å². The standard InChI is InChI=1S/C11H12N4S/c1-7-11(8(2)15-14-7)13-6-10-4-3-9(5-12)16-10/h3-4,13H,6H2,1-2H3,(H,14,15). The number of thiophene rings is 1. The fraction of sp³-hybridized carbons (Fsp3) is 0.273. The van der Waals surface area contributed by atoms with E-state index in [-0.39, 0.29) is 0 Å². The van der Waals surface area contributed by atoms with E-state index in [1.165, 1.54) is 11.3 Å². The SMILES string of the molecule is Cc1n[nH]c(C)c1NCc1ccc(C#N)s1. The molecule has 0 saturated heterocycles. The lowest BCUT2D eigenvalue weighted by Crippen LogP contribution is -1.99. The highest BCUT2D eigenvalue weighted by atomic mass is 32.1. The van der Waals surface area contributed by atoms with Gasteiger partial charge in [0, 0.05) is 11.4 Å². The number of aromatic nitrogens is 2. The van der Waals surface area contributed by atoms with Gasteiger partial charge in [0.05, 0.1) is 17.1 Å². The molecule has 0 unspecified atom stereocenters. The number of hydrogen-bond acceptors (Lipinski definition) is 4. The first-order chi connectivity index (χ1) is 7.70. The predicted octanol–water partition coefficient (Wildman–Crippen LogP) is 2.57. The maximum absolute atomic E-state index is 8.72. The van der Waals surface area contributed by atoms with Gasteiger partial charge in [0.25, 0.3) is 0 Å². The smallest absolute Gasteiger partial charge is 0.110 e. The van der Waals surface area contributed by atoms with Gasteiger partial charge in [-0.25, -0.2) is 0 Å². The first-order valence-corrected chi connectivity index (χ1v) is 5.76. The molecular weight excluding hydrogens is 220 g/mol. The summed E-state index contributed by atoms with van der Waals surface area (Å²) in [6, 6.07) is 5.95. The summed E-state index contributed by atoms with van der Waals surface area (Å²) in [5, 5.41) is 19.1. The van der Waals surface area contributed by atoms with Crippen LogP contribution < -0.4 is 5.32 Å². The van der Waals surface area contributed by atoms with Crippen LogP contribution in [-0.4, -0.2) is 10.2 Å². The number of aromatic amines is 1. The number of anilines is 1. The summed E-state index contributed by atoms with van der Waals surface area (Å²) in [6.07, 6.45) is 0.